The minimum Gasteiger partial charge on any atom is -0.382 e. The SMILES string of the molecule is CC#CC(=O)N1CCCCC1c1nc(-c2ccc(C(=O)Nc3cc(C(F)(F)F)ccn3)cc2)c2c(N)nccn12. The number of fused-ring (bicyclic) bond motifs is 1. The van der Waals surface area contributed by atoms with Crippen molar-refractivity contribution < 1.29 is 22.8 Å². The first-order valence-electron chi connectivity index (χ1n) is 12.5. The average molecular weight is 548 g/mol. The van der Waals surface area contributed by atoms with Crippen LogP contribution in [0.5, 0.6) is 0 Å². The molecule has 0 saturated carbocycles. The summed E-state index contributed by atoms with van der Waals surface area (Å²) in [5, 5.41) is 2.39. The van der Waals surface area contributed by atoms with E-state index < -0.39 is 17.6 Å². The number of nitrogens with zero attached hydrogens (tertiary/aromatic N) is 5. The Bertz CT molecular complexity index is 1650. The molecule has 4 heterocycles. The standard InChI is InChI=1S/C28H24F3N7O2/c1-2-5-22(39)37-14-4-3-6-20(37)26-36-23(24-25(32)34-13-15-38(24)26)17-7-9-18(10-8-17)27(40)35-21-16-19(11-12-33-21)28(29,30)31/h7-13,15-16,20H,3-4,6,14H2,1H3,(H2,32,34)(H,33,35,40). The van der Waals surface area contributed by atoms with Crippen LogP contribution in [0.1, 0.15) is 54.0 Å². The van der Waals surface area contributed by atoms with E-state index in [-0.39, 0.29) is 29.1 Å². The molecule has 204 valence electrons. The number of hydrogen-bond acceptors (Lipinski definition) is 6. The normalized spacial score (nSPS) is 15.4. The monoisotopic (exact) mass is 547 g/mol. The van der Waals surface area contributed by atoms with Gasteiger partial charge in [0.2, 0.25) is 0 Å². The molecule has 1 unspecified atom stereocenters. The highest BCUT2D eigenvalue weighted by atomic mass is 19.4. The van der Waals surface area contributed by atoms with Gasteiger partial charge < -0.3 is 16.0 Å². The Labute approximate surface area is 227 Å². The molecule has 0 radical (unpaired) electrons. The van der Waals surface area contributed by atoms with Crippen LogP contribution in [-0.2, 0) is 11.0 Å². The van der Waals surface area contributed by atoms with E-state index >= 15 is 0 Å². The Morgan fingerprint density at radius 3 is 2.60 bits per heavy atom. The number of hydrogen-bond donors (Lipinski definition) is 2. The maximum absolute atomic E-state index is 13.0. The number of piperidine rings is 1. The molecule has 0 bridgehead atoms. The van der Waals surface area contributed by atoms with Crippen LogP contribution in [0, 0.1) is 11.8 Å². The van der Waals surface area contributed by atoms with E-state index in [0.29, 0.717) is 35.6 Å². The third-order valence-electron chi connectivity index (χ3n) is 6.65. The van der Waals surface area contributed by atoms with Crippen molar-refractivity contribution >= 4 is 29.0 Å². The van der Waals surface area contributed by atoms with Gasteiger partial charge in [0.05, 0.1) is 11.6 Å². The molecule has 1 atom stereocenters. The van der Waals surface area contributed by atoms with Gasteiger partial charge in [-0.2, -0.15) is 13.2 Å². The number of likely N-dealkylation sites (tertiary alicyclic amines) is 1. The maximum atomic E-state index is 13.0. The highest BCUT2D eigenvalue weighted by Crippen LogP contribution is 2.36. The number of aromatic nitrogens is 4. The third-order valence-corrected chi connectivity index (χ3v) is 6.65. The minimum atomic E-state index is -4.56. The van der Waals surface area contributed by atoms with Crippen LogP contribution >= 0.6 is 0 Å². The number of nitrogens with one attached hydrogen (secondary N) is 1. The molecule has 1 aliphatic rings. The van der Waals surface area contributed by atoms with E-state index in [2.05, 4.69) is 27.1 Å². The Morgan fingerprint density at radius 2 is 1.88 bits per heavy atom. The highest BCUT2D eigenvalue weighted by molar-refractivity contribution is 6.04. The molecule has 9 nitrogen and oxygen atoms in total. The van der Waals surface area contributed by atoms with E-state index in [9.17, 15) is 22.8 Å². The highest BCUT2D eigenvalue weighted by Gasteiger charge is 2.32. The lowest BCUT2D eigenvalue weighted by Crippen LogP contribution is -2.38. The summed E-state index contributed by atoms with van der Waals surface area (Å²) in [6, 6.07) is 7.68. The molecule has 0 spiro atoms. The van der Waals surface area contributed by atoms with Crippen molar-refractivity contribution in [3.8, 4) is 23.1 Å². The summed E-state index contributed by atoms with van der Waals surface area (Å²) >= 11 is 0. The summed E-state index contributed by atoms with van der Waals surface area (Å²) in [5.41, 5.74) is 7.27. The lowest BCUT2D eigenvalue weighted by Gasteiger charge is -2.33. The average Bonchev–Trinajstić information content (AvgIpc) is 3.34. The van der Waals surface area contributed by atoms with Crippen LogP contribution in [-0.4, -0.2) is 42.6 Å². The zero-order valence-corrected chi connectivity index (χ0v) is 21.4. The summed E-state index contributed by atoms with van der Waals surface area (Å²) < 4.78 is 40.8. The number of rotatable bonds is 4. The van der Waals surface area contributed by atoms with Crippen molar-refractivity contribution in [2.24, 2.45) is 0 Å². The van der Waals surface area contributed by atoms with E-state index in [1.165, 1.54) is 12.1 Å². The van der Waals surface area contributed by atoms with Crippen LogP contribution in [0.25, 0.3) is 16.8 Å². The fourth-order valence-corrected chi connectivity index (χ4v) is 4.79. The van der Waals surface area contributed by atoms with Gasteiger partial charge in [0, 0.05) is 36.3 Å². The van der Waals surface area contributed by atoms with E-state index in [4.69, 9.17) is 10.7 Å². The quantitative estimate of drug-likeness (QED) is 0.357. The van der Waals surface area contributed by atoms with Gasteiger partial charge >= 0.3 is 6.18 Å². The van der Waals surface area contributed by atoms with Crippen LogP contribution in [0.2, 0.25) is 0 Å². The lowest BCUT2D eigenvalue weighted by molar-refractivity contribution is -0.137. The summed E-state index contributed by atoms with van der Waals surface area (Å²) in [4.78, 5) is 40.1. The first kappa shape index (κ1) is 26.7. The molecule has 3 N–H and O–H groups in total. The zero-order chi connectivity index (χ0) is 28.4. The summed E-state index contributed by atoms with van der Waals surface area (Å²) in [5.74, 6) is 5.06. The molecule has 1 aromatic carbocycles. The number of benzene rings is 1. The Morgan fingerprint density at radius 1 is 1.10 bits per heavy atom. The molecule has 40 heavy (non-hydrogen) atoms. The van der Waals surface area contributed by atoms with Crippen molar-refractivity contribution in [2.75, 3.05) is 17.6 Å². The second kappa shape index (κ2) is 10.7. The van der Waals surface area contributed by atoms with Crippen molar-refractivity contribution in [1.82, 2.24) is 24.3 Å². The van der Waals surface area contributed by atoms with Crippen LogP contribution in [0.3, 0.4) is 0 Å². The molecule has 12 heteroatoms. The predicted octanol–water partition coefficient (Wildman–Crippen LogP) is 4.72. The third kappa shape index (κ3) is 5.18. The van der Waals surface area contributed by atoms with Gasteiger partial charge in [0.1, 0.15) is 28.7 Å². The van der Waals surface area contributed by atoms with Gasteiger partial charge in [0.15, 0.2) is 0 Å². The number of alkyl halides is 3. The van der Waals surface area contributed by atoms with Gasteiger partial charge in [-0.05, 0) is 56.4 Å². The number of pyridine rings is 1. The number of carbonyl (C=O) groups is 2. The number of carbonyl (C=O) groups excluding carboxylic acids is 2. The van der Waals surface area contributed by atoms with Crippen LogP contribution in [0.4, 0.5) is 24.8 Å². The van der Waals surface area contributed by atoms with Gasteiger partial charge in [-0.15, -0.1) is 0 Å². The molecule has 0 aliphatic carbocycles. The molecule has 1 aliphatic heterocycles. The summed E-state index contributed by atoms with van der Waals surface area (Å²) in [6.45, 7) is 2.18. The maximum Gasteiger partial charge on any atom is 0.416 e. The van der Waals surface area contributed by atoms with Gasteiger partial charge in [-0.25, -0.2) is 15.0 Å². The Hall–Kier alpha value is -4.92. The topological polar surface area (TPSA) is 119 Å². The summed E-state index contributed by atoms with van der Waals surface area (Å²) in [7, 11) is 0. The molecule has 1 saturated heterocycles. The molecular weight excluding hydrogens is 523 g/mol. The van der Waals surface area contributed by atoms with Crippen LogP contribution in [0.15, 0.2) is 55.0 Å². The first-order chi connectivity index (χ1) is 19.2. The largest absolute Gasteiger partial charge is 0.416 e. The van der Waals surface area contributed by atoms with Gasteiger partial charge in [-0.1, -0.05) is 18.1 Å². The second-order valence-corrected chi connectivity index (χ2v) is 9.19. The zero-order valence-electron chi connectivity index (χ0n) is 21.4. The number of imidazole rings is 1. The lowest BCUT2D eigenvalue weighted by atomic mass is 10.0. The Kier molecular flexibility index (Phi) is 7.13. The minimum absolute atomic E-state index is 0.208. The Balaban J connectivity index is 1.47. The number of halogens is 3. The fourth-order valence-electron chi connectivity index (χ4n) is 4.79. The molecule has 4 aromatic rings. The number of amides is 2. The molecule has 5 rings (SSSR count). The number of nitrogens with two attached hydrogens (primary N) is 1. The first-order valence-corrected chi connectivity index (χ1v) is 12.5. The molecular formula is C28H24F3N7O2. The molecule has 2 amide bonds. The predicted molar refractivity (Wildman–Crippen MR) is 142 cm³/mol. The van der Waals surface area contributed by atoms with Crippen molar-refractivity contribution in [3.63, 3.8) is 0 Å². The smallest absolute Gasteiger partial charge is 0.382 e. The van der Waals surface area contributed by atoms with Crippen LogP contribution < -0.4 is 11.1 Å². The van der Waals surface area contributed by atoms with Crippen molar-refractivity contribution in [3.05, 3.63) is 71.9 Å². The number of nitrogen functional groups attached to an aromatic ring is 1. The number of anilines is 2. The van der Waals surface area contributed by atoms with Crippen molar-refractivity contribution in [1.29, 1.82) is 0 Å². The fraction of sp³-hybridized carbons (Fsp3) is 0.250. The van der Waals surface area contributed by atoms with Crippen molar-refractivity contribution in [2.45, 2.75) is 38.4 Å². The van der Waals surface area contributed by atoms with Gasteiger partial charge in [0.25, 0.3) is 11.8 Å². The summed E-state index contributed by atoms with van der Waals surface area (Å²) in [6.07, 6.45) is 2.23. The molecule has 3 aromatic heterocycles. The van der Waals surface area contributed by atoms with Gasteiger partial charge in [-0.3, -0.25) is 14.0 Å². The molecule has 1 fully saturated rings. The second-order valence-electron chi connectivity index (χ2n) is 9.19. The van der Waals surface area contributed by atoms with E-state index in [0.717, 1.165) is 31.2 Å². The van der Waals surface area contributed by atoms with E-state index in [1.807, 2.05) is 4.40 Å². The van der Waals surface area contributed by atoms with E-state index in [1.54, 1.807) is 36.4 Å².